The van der Waals surface area contributed by atoms with Gasteiger partial charge in [-0.25, -0.2) is 0 Å². The number of benzene rings is 2. The maximum absolute atomic E-state index is 12.4. The Kier molecular flexibility index (Phi) is 4.15. The molecule has 0 aliphatic carbocycles. The highest BCUT2D eigenvalue weighted by molar-refractivity contribution is 6.05. The van der Waals surface area contributed by atoms with Gasteiger partial charge in [-0.3, -0.25) is 30.4 Å². The Labute approximate surface area is 144 Å². The largest absolute Gasteiger partial charge is 0.438 e. The topological polar surface area (TPSA) is 152 Å². The summed E-state index contributed by atoms with van der Waals surface area (Å²) in [7, 11) is 0. The summed E-state index contributed by atoms with van der Waals surface area (Å²) >= 11 is 0. The number of fused-ring (bicyclic) bond motifs is 1. The summed E-state index contributed by atoms with van der Waals surface area (Å²) in [6.45, 7) is 0. The van der Waals surface area contributed by atoms with Crippen LogP contribution in [0.3, 0.4) is 0 Å². The highest BCUT2D eigenvalue weighted by Gasteiger charge is 2.15. The lowest BCUT2D eigenvalue weighted by Gasteiger charge is -2.06. The van der Waals surface area contributed by atoms with Gasteiger partial charge in [0.1, 0.15) is 11.1 Å². The predicted molar refractivity (Wildman–Crippen MR) is 89.8 cm³/mol. The zero-order valence-corrected chi connectivity index (χ0v) is 13.0. The van der Waals surface area contributed by atoms with Gasteiger partial charge in [-0.2, -0.15) is 0 Å². The fraction of sp³-hybridized carbons (Fsp3) is 0. The first kappa shape index (κ1) is 16.8. The van der Waals surface area contributed by atoms with E-state index in [2.05, 4.69) is 5.32 Å². The first-order valence-electron chi connectivity index (χ1n) is 7.18. The smallest absolute Gasteiger partial charge is 0.271 e. The Morgan fingerprint density at radius 1 is 1.00 bits per heavy atom. The van der Waals surface area contributed by atoms with Crippen LogP contribution < -0.4 is 10.9 Å². The second-order valence-corrected chi connectivity index (χ2v) is 5.23. The molecule has 10 heteroatoms. The lowest BCUT2D eigenvalue weighted by Crippen LogP contribution is -2.20. The third-order valence-corrected chi connectivity index (χ3v) is 3.52. The summed E-state index contributed by atoms with van der Waals surface area (Å²) in [5, 5.41) is 32.2. The highest BCUT2D eigenvalue weighted by atomic mass is 16.6. The van der Waals surface area contributed by atoms with E-state index >= 15 is 0 Å². The Morgan fingerprint density at radius 3 is 2.38 bits per heavy atom. The average Bonchev–Trinajstić information content (AvgIpc) is 2.60. The predicted octanol–water partition coefficient (Wildman–Crippen LogP) is 2.98. The van der Waals surface area contributed by atoms with E-state index in [4.69, 9.17) is 9.83 Å². The summed E-state index contributed by atoms with van der Waals surface area (Å²) in [6.07, 6.45) is 0. The van der Waals surface area contributed by atoms with Crippen LogP contribution in [0.1, 0.15) is 10.4 Å². The molecule has 0 fully saturated rings. The number of rotatable bonds is 4. The first-order chi connectivity index (χ1) is 12.3. The number of nitrogens with one attached hydrogen (secondary N) is 2. The van der Waals surface area contributed by atoms with Crippen LogP contribution in [0.4, 0.5) is 17.1 Å². The summed E-state index contributed by atoms with van der Waals surface area (Å²) in [5.74, 6) is -0.729. The third kappa shape index (κ3) is 3.24. The third-order valence-electron chi connectivity index (χ3n) is 3.52. The van der Waals surface area contributed by atoms with Crippen LogP contribution in [0, 0.1) is 25.6 Å². The molecule has 0 saturated heterocycles. The SMILES string of the molecule is N=c1oc2ccc([N+](=O)[O-])cc2cc1C(=O)Nc1cccc([N+](=O)[O-])c1. The van der Waals surface area contributed by atoms with Crippen molar-refractivity contribution >= 4 is 33.9 Å². The molecule has 1 aromatic heterocycles. The number of non-ortho nitro benzene ring substituents is 2. The Balaban J connectivity index is 1.98. The molecule has 2 N–H and O–H groups in total. The van der Waals surface area contributed by atoms with Crippen molar-refractivity contribution in [2.45, 2.75) is 0 Å². The second-order valence-electron chi connectivity index (χ2n) is 5.23. The van der Waals surface area contributed by atoms with Crippen molar-refractivity contribution in [3.8, 4) is 0 Å². The minimum absolute atomic E-state index is 0.162. The first-order valence-corrected chi connectivity index (χ1v) is 7.18. The molecule has 3 aromatic rings. The van der Waals surface area contributed by atoms with E-state index in [9.17, 15) is 25.0 Å². The van der Waals surface area contributed by atoms with Crippen LogP contribution in [0.2, 0.25) is 0 Å². The fourth-order valence-electron chi connectivity index (χ4n) is 2.31. The van der Waals surface area contributed by atoms with Crippen LogP contribution in [-0.4, -0.2) is 15.8 Å². The van der Waals surface area contributed by atoms with Crippen molar-refractivity contribution in [3.05, 3.63) is 79.9 Å². The minimum atomic E-state index is -0.729. The van der Waals surface area contributed by atoms with E-state index < -0.39 is 21.3 Å². The van der Waals surface area contributed by atoms with Crippen molar-refractivity contribution in [1.82, 2.24) is 0 Å². The average molecular weight is 354 g/mol. The van der Waals surface area contributed by atoms with Crippen LogP contribution >= 0.6 is 0 Å². The van der Waals surface area contributed by atoms with Crippen molar-refractivity contribution in [2.24, 2.45) is 0 Å². The Morgan fingerprint density at radius 2 is 1.69 bits per heavy atom. The Hall–Kier alpha value is -4.08. The zero-order valence-electron chi connectivity index (χ0n) is 13.0. The monoisotopic (exact) mass is 354 g/mol. The van der Waals surface area contributed by atoms with Crippen LogP contribution in [0.5, 0.6) is 0 Å². The molecule has 0 bridgehead atoms. The van der Waals surface area contributed by atoms with E-state index in [1.165, 1.54) is 48.5 Å². The van der Waals surface area contributed by atoms with Crippen LogP contribution in [0.15, 0.2) is 52.9 Å². The van der Waals surface area contributed by atoms with E-state index in [0.717, 1.165) is 0 Å². The molecule has 0 aliphatic heterocycles. The molecule has 3 rings (SSSR count). The van der Waals surface area contributed by atoms with Gasteiger partial charge in [-0.1, -0.05) is 6.07 Å². The second kappa shape index (κ2) is 6.43. The molecule has 10 nitrogen and oxygen atoms in total. The molecule has 0 atom stereocenters. The van der Waals surface area contributed by atoms with Crippen LogP contribution in [0.25, 0.3) is 11.0 Å². The van der Waals surface area contributed by atoms with Gasteiger partial charge >= 0.3 is 0 Å². The van der Waals surface area contributed by atoms with E-state index in [1.54, 1.807) is 0 Å². The number of nitro groups is 2. The number of carbonyl (C=O) groups excluding carboxylic acids is 1. The van der Waals surface area contributed by atoms with Crippen molar-refractivity contribution in [2.75, 3.05) is 5.32 Å². The summed E-state index contributed by atoms with van der Waals surface area (Å²) in [4.78, 5) is 32.8. The number of hydrogen-bond acceptors (Lipinski definition) is 7. The van der Waals surface area contributed by atoms with Gasteiger partial charge in [0.05, 0.1) is 9.85 Å². The van der Waals surface area contributed by atoms with E-state index in [1.807, 2.05) is 0 Å². The van der Waals surface area contributed by atoms with Crippen molar-refractivity contribution < 1.29 is 19.1 Å². The summed E-state index contributed by atoms with van der Waals surface area (Å²) in [6, 6.07) is 10.4. The molecule has 2 aromatic carbocycles. The van der Waals surface area contributed by atoms with Gasteiger partial charge < -0.3 is 9.73 Å². The van der Waals surface area contributed by atoms with Gasteiger partial charge in [0.15, 0.2) is 0 Å². The van der Waals surface area contributed by atoms with Crippen LogP contribution in [-0.2, 0) is 0 Å². The summed E-state index contributed by atoms with van der Waals surface area (Å²) in [5.41, 5.74) is -0.600. The van der Waals surface area contributed by atoms with Gasteiger partial charge in [0.2, 0.25) is 5.55 Å². The number of nitro benzene ring substituents is 2. The normalized spacial score (nSPS) is 10.5. The van der Waals surface area contributed by atoms with Gasteiger partial charge in [-0.15, -0.1) is 0 Å². The quantitative estimate of drug-likeness (QED) is 0.542. The number of nitrogens with zero attached hydrogens (tertiary/aromatic N) is 2. The fourth-order valence-corrected chi connectivity index (χ4v) is 2.31. The number of hydrogen-bond donors (Lipinski definition) is 2. The summed E-state index contributed by atoms with van der Waals surface area (Å²) < 4.78 is 5.22. The lowest BCUT2D eigenvalue weighted by molar-refractivity contribution is -0.384. The molecule has 0 spiro atoms. The van der Waals surface area contributed by atoms with Gasteiger partial charge in [0, 0.05) is 35.3 Å². The highest BCUT2D eigenvalue weighted by Crippen LogP contribution is 2.21. The number of carbonyl (C=O) groups is 1. The molecule has 1 heterocycles. The van der Waals surface area contributed by atoms with Crippen molar-refractivity contribution in [1.29, 1.82) is 5.41 Å². The Bertz CT molecular complexity index is 1120. The molecule has 0 radical (unpaired) electrons. The van der Waals surface area contributed by atoms with Gasteiger partial charge in [0.25, 0.3) is 17.3 Å². The molecular formula is C16H10N4O6. The molecule has 0 unspecified atom stereocenters. The van der Waals surface area contributed by atoms with E-state index in [-0.39, 0.29) is 33.6 Å². The van der Waals surface area contributed by atoms with Crippen molar-refractivity contribution in [3.63, 3.8) is 0 Å². The maximum atomic E-state index is 12.4. The number of amides is 1. The molecule has 0 aliphatic rings. The molecule has 26 heavy (non-hydrogen) atoms. The lowest BCUT2D eigenvalue weighted by atomic mass is 10.1. The van der Waals surface area contributed by atoms with Gasteiger partial charge in [-0.05, 0) is 18.2 Å². The van der Waals surface area contributed by atoms with E-state index in [0.29, 0.717) is 0 Å². The molecular weight excluding hydrogens is 344 g/mol. The molecule has 0 saturated carbocycles. The maximum Gasteiger partial charge on any atom is 0.271 e. The molecule has 1 amide bonds. The zero-order chi connectivity index (χ0) is 18.8. The molecule has 130 valence electrons. The standard InChI is InChI=1S/C16H10N4O6/c17-15-13(7-9-6-12(20(24)25)4-5-14(9)26-15)16(21)18-10-2-1-3-11(8-10)19(22)23/h1-8,17H,(H,18,21). The minimum Gasteiger partial charge on any atom is -0.438 e. The number of anilines is 1.